The normalized spacial score (nSPS) is 26.4. The van der Waals surface area contributed by atoms with E-state index in [1.165, 1.54) is 4.88 Å². The van der Waals surface area contributed by atoms with Gasteiger partial charge in [0.25, 0.3) is 0 Å². The van der Waals surface area contributed by atoms with Gasteiger partial charge in [-0.25, -0.2) is 0 Å². The molecule has 1 N–H and O–H groups in total. The summed E-state index contributed by atoms with van der Waals surface area (Å²) in [6.45, 7) is 7.72. The Morgan fingerprint density at radius 2 is 2.33 bits per heavy atom. The van der Waals surface area contributed by atoms with E-state index in [-0.39, 0.29) is 0 Å². The Hall–Kier alpha value is -0.380. The van der Waals surface area contributed by atoms with E-state index in [9.17, 15) is 0 Å². The molecule has 2 heterocycles. The van der Waals surface area contributed by atoms with E-state index in [1.807, 2.05) is 11.3 Å². The van der Waals surface area contributed by atoms with Crippen LogP contribution >= 0.6 is 11.3 Å². The van der Waals surface area contributed by atoms with Crippen molar-refractivity contribution in [2.24, 2.45) is 5.92 Å². The largest absolute Gasteiger partial charge is 0.378 e. The lowest BCUT2D eigenvalue weighted by molar-refractivity contribution is -0.00295. The lowest BCUT2D eigenvalue weighted by atomic mass is 9.96. The molecule has 3 atom stereocenters. The molecule has 3 unspecified atom stereocenters. The smallest absolute Gasteiger partial charge is 0.0587 e. The van der Waals surface area contributed by atoms with Gasteiger partial charge in [-0.3, -0.25) is 0 Å². The van der Waals surface area contributed by atoms with Gasteiger partial charge in [-0.2, -0.15) is 0 Å². The third kappa shape index (κ3) is 3.56. The van der Waals surface area contributed by atoms with Crippen molar-refractivity contribution in [3.8, 4) is 0 Å². The summed E-state index contributed by atoms with van der Waals surface area (Å²) in [5.74, 6) is 0.631. The number of rotatable bonds is 5. The quantitative estimate of drug-likeness (QED) is 0.871. The van der Waals surface area contributed by atoms with Crippen LogP contribution in [0.3, 0.4) is 0 Å². The van der Waals surface area contributed by atoms with Gasteiger partial charge < -0.3 is 10.1 Å². The second kappa shape index (κ2) is 6.69. The predicted octanol–water partition coefficient (Wildman–Crippen LogP) is 3.99. The fourth-order valence-corrected chi connectivity index (χ4v) is 3.60. The number of ether oxygens (including phenoxy) is 1. The van der Waals surface area contributed by atoms with E-state index in [2.05, 4.69) is 43.6 Å². The standard InChI is InChI=1S/C15H25NOS/c1-4-13-10-12(7-8-17-13)16-15(11(2)3)14-6-5-9-18-14/h5-6,9,11-13,15-16H,4,7-8,10H2,1-3H3. The van der Waals surface area contributed by atoms with Gasteiger partial charge >= 0.3 is 0 Å². The van der Waals surface area contributed by atoms with Crippen molar-refractivity contribution in [1.82, 2.24) is 5.32 Å². The van der Waals surface area contributed by atoms with Gasteiger partial charge in [0.05, 0.1) is 6.10 Å². The third-order valence-electron chi connectivity index (χ3n) is 3.75. The van der Waals surface area contributed by atoms with Crippen molar-refractivity contribution in [2.75, 3.05) is 6.61 Å². The summed E-state index contributed by atoms with van der Waals surface area (Å²) in [7, 11) is 0. The van der Waals surface area contributed by atoms with Crippen molar-refractivity contribution in [1.29, 1.82) is 0 Å². The topological polar surface area (TPSA) is 21.3 Å². The zero-order valence-electron chi connectivity index (χ0n) is 11.7. The van der Waals surface area contributed by atoms with E-state index >= 15 is 0 Å². The van der Waals surface area contributed by atoms with Crippen LogP contribution in [0.1, 0.15) is 51.0 Å². The molecule has 0 aromatic carbocycles. The average molecular weight is 267 g/mol. The Morgan fingerprint density at radius 3 is 2.94 bits per heavy atom. The average Bonchev–Trinajstić information content (AvgIpc) is 2.89. The Labute approximate surface area is 115 Å². The molecule has 0 radical (unpaired) electrons. The molecule has 1 fully saturated rings. The molecular formula is C15H25NOS. The fraction of sp³-hybridized carbons (Fsp3) is 0.733. The zero-order valence-corrected chi connectivity index (χ0v) is 12.5. The highest BCUT2D eigenvalue weighted by Gasteiger charge is 2.25. The molecular weight excluding hydrogens is 242 g/mol. The third-order valence-corrected chi connectivity index (χ3v) is 4.71. The molecule has 2 nitrogen and oxygen atoms in total. The Kier molecular flexibility index (Phi) is 5.22. The highest BCUT2D eigenvalue weighted by molar-refractivity contribution is 7.10. The maximum atomic E-state index is 5.75. The Morgan fingerprint density at radius 1 is 1.50 bits per heavy atom. The van der Waals surface area contributed by atoms with Crippen LogP contribution in [0, 0.1) is 5.92 Å². The SMILES string of the molecule is CCC1CC(NC(c2cccs2)C(C)C)CCO1. The summed E-state index contributed by atoms with van der Waals surface area (Å²) in [5, 5.41) is 6.02. The molecule has 1 aliphatic rings. The summed E-state index contributed by atoms with van der Waals surface area (Å²) in [6.07, 6.45) is 3.88. The van der Waals surface area contributed by atoms with E-state index in [4.69, 9.17) is 4.74 Å². The van der Waals surface area contributed by atoms with Crippen LogP contribution in [0.25, 0.3) is 0 Å². The summed E-state index contributed by atoms with van der Waals surface area (Å²) in [4.78, 5) is 1.46. The highest BCUT2D eigenvalue weighted by Crippen LogP contribution is 2.28. The molecule has 0 saturated carbocycles. The monoisotopic (exact) mass is 267 g/mol. The molecule has 3 heteroatoms. The first-order valence-corrected chi connectivity index (χ1v) is 7.99. The minimum atomic E-state index is 0.451. The van der Waals surface area contributed by atoms with Crippen LogP contribution in [0.4, 0.5) is 0 Å². The van der Waals surface area contributed by atoms with Crippen molar-refractivity contribution >= 4 is 11.3 Å². The first-order chi connectivity index (χ1) is 8.70. The van der Waals surface area contributed by atoms with Gasteiger partial charge in [0.2, 0.25) is 0 Å². The maximum absolute atomic E-state index is 5.75. The first kappa shape index (κ1) is 14.0. The van der Waals surface area contributed by atoms with E-state index in [1.54, 1.807) is 0 Å². The van der Waals surface area contributed by atoms with Gasteiger partial charge in [-0.15, -0.1) is 11.3 Å². The van der Waals surface area contributed by atoms with Gasteiger partial charge in [-0.05, 0) is 36.6 Å². The minimum absolute atomic E-state index is 0.451. The molecule has 0 aliphatic carbocycles. The second-order valence-electron chi connectivity index (χ2n) is 5.53. The lowest BCUT2D eigenvalue weighted by Crippen LogP contribution is -2.41. The van der Waals surface area contributed by atoms with Crippen LogP contribution in [0.15, 0.2) is 17.5 Å². The summed E-state index contributed by atoms with van der Waals surface area (Å²) >= 11 is 1.86. The van der Waals surface area contributed by atoms with Crippen LogP contribution in [0.2, 0.25) is 0 Å². The molecule has 0 bridgehead atoms. The van der Waals surface area contributed by atoms with E-state index in [0.717, 1.165) is 25.9 Å². The second-order valence-corrected chi connectivity index (χ2v) is 6.51. The first-order valence-electron chi connectivity index (χ1n) is 7.11. The lowest BCUT2D eigenvalue weighted by Gasteiger charge is -2.33. The summed E-state index contributed by atoms with van der Waals surface area (Å²) in [5.41, 5.74) is 0. The molecule has 1 aliphatic heterocycles. The van der Waals surface area contributed by atoms with Crippen molar-refractivity contribution in [2.45, 2.75) is 58.2 Å². The molecule has 1 aromatic heterocycles. The van der Waals surface area contributed by atoms with Gasteiger partial charge in [0, 0.05) is 23.6 Å². The number of hydrogen-bond acceptors (Lipinski definition) is 3. The molecule has 2 rings (SSSR count). The molecule has 1 saturated heterocycles. The van der Waals surface area contributed by atoms with Crippen molar-refractivity contribution in [3.63, 3.8) is 0 Å². The number of nitrogens with one attached hydrogen (secondary N) is 1. The van der Waals surface area contributed by atoms with Crippen LogP contribution in [-0.4, -0.2) is 18.8 Å². The molecule has 102 valence electrons. The van der Waals surface area contributed by atoms with E-state index in [0.29, 0.717) is 24.1 Å². The zero-order chi connectivity index (χ0) is 13.0. The summed E-state index contributed by atoms with van der Waals surface area (Å²) in [6, 6.07) is 5.50. The van der Waals surface area contributed by atoms with Crippen LogP contribution in [0.5, 0.6) is 0 Å². The van der Waals surface area contributed by atoms with Crippen LogP contribution in [-0.2, 0) is 4.74 Å². The minimum Gasteiger partial charge on any atom is -0.378 e. The molecule has 0 amide bonds. The van der Waals surface area contributed by atoms with Gasteiger partial charge in [0.15, 0.2) is 0 Å². The van der Waals surface area contributed by atoms with Gasteiger partial charge in [-0.1, -0.05) is 26.8 Å². The highest BCUT2D eigenvalue weighted by atomic mass is 32.1. The Bertz CT molecular complexity index is 336. The molecule has 1 aromatic rings. The Balaban J connectivity index is 1.97. The maximum Gasteiger partial charge on any atom is 0.0587 e. The summed E-state index contributed by atoms with van der Waals surface area (Å²) < 4.78 is 5.75. The van der Waals surface area contributed by atoms with E-state index < -0.39 is 0 Å². The van der Waals surface area contributed by atoms with Crippen LogP contribution < -0.4 is 5.32 Å². The molecule has 18 heavy (non-hydrogen) atoms. The van der Waals surface area contributed by atoms with Gasteiger partial charge in [0.1, 0.15) is 0 Å². The molecule has 0 spiro atoms. The number of thiophene rings is 1. The van der Waals surface area contributed by atoms with Crippen molar-refractivity contribution in [3.05, 3.63) is 22.4 Å². The fourth-order valence-electron chi connectivity index (χ4n) is 2.64. The van der Waals surface area contributed by atoms with Crippen molar-refractivity contribution < 1.29 is 4.74 Å². The predicted molar refractivity (Wildman–Crippen MR) is 78.1 cm³/mol. The number of hydrogen-bond donors (Lipinski definition) is 1.